The summed E-state index contributed by atoms with van der Waals surface area (Å²) in [4.78, 5) is 22.3. The van der Waals surface area contributed by atoms with Crippen molar-refractivity contribution in [3.8, 4) is 33.8 Å². The van der Waals surface area contributed by atoms with Crippen molar-refractivity contribution in [3.63, 3.8) is 0 Å². The molecule has 1 fully saturated rings. The maximum atomic E-state index is 11.0. The van der Waals surface area contributed by atoms with E-state index in [-0.39, 0.29) is 29.9 Å². The molecule has 0 atom stereocenters. The molecule has 6 rings (SSSR count). The van der Waals surface area contributed by atoms with Crippen LogP contribution in [-0.2, 0) is 18.8 Å². The summed E-state index contributed by atoms with van der Waals surface area (Å²) < 4.78 is 17.5. The zero-order valence-electron chi connectivity index (χ0n) is 28.4. The Bertz CT molecular complexity index is 1730. The molecule has 1 aliphatic rings. The number of hydrogen-bond acceptors (Lipinski definition) is 5. The predicted molar refractivity (Wildman–Crippen MR) is 188 cm³/mol. The number of imidazole rings is 1. The number of nitrogens with one attached hydrogen (secondary N) is 2. The molecular weight excluding hydrogens is 573 g/mol. The minimum Gasteiger partial charge on any atom is -0.460 e. The molecule has 240 valence electrons. The van der Waals surface area contributed by atoms with Gasteiger partial charge in [0.2, 0.25) is 0 Å². The monoisotopic (exact) mass is 619 g/mol. The number of carbonyl (C=O) groups excluding carboxylic acids is 1. The number of carbonyl (C=O) groups is 1. The number of ether oxygens (including phenoxy) is 1. The zero-order chi connectivity index (χ0) is 33.1. The molecule has 0 radical (unpaired) electrons. The lowest BCUT2D eigenvalue weighted by atomic mass is 9.78. The first-order valence-electron chi connectivity index (χ1n) is 16.2. The largest absolute Gasteiger partial charge is 0.494 e. The smallest absolute Gasteiger partial charge is 0.460 e. The highest BCUT2D eigenvalue weighted by Gasteiger charge is 2.51. The zero-order valence-corrected chi connectivity index (χ0v) is 28.4. The number of rotatable bonds is 7. The van der Waals surface area contributed by atoms with Crippen molar-refractivity contribution >= 4 is 29.6 Å². The number of H-pyrrole nitrogens is 2. The molecule has 3 heterocycles. The normalized spacial score (nSPS) is 15.4. The Hall–Kier alpha value is -4.14. The van der Waals surface area contributed by atoms with Crippen LogP contribution in [0.4, 0.5) is 0 Å². The van der Waals surface area contributed by atoms with Gasteiger partial charge in [-0.15, -0.1) is 0 Å². The van der Waals surface area contributed by atoms with Crippen LogP contribution in [-0.4, -0.2) is 44.8 Å². The summed E-state index contributed by atoms with van der Waals surface area (Å²) in [6.45, 7) is 16.0. The topological polar surface area (TPSA) is 89.2 Å². The Balaban J connectivity index is 0.000000327. The van der Waals surface area contributed by atoms with E-state index in [0.717, 1.165) is 52.0 Å². The molecule has 1 aliphatic heterocycles. The summed E-state index contributed by atoms with van der Waals surface area (Å²) in [5, 5.41) is 0. The number of esters is 1. The SMILES string of the molecule is CC1(C)OB(c2ccc(-c3ccc(-c4ccc5nc(-c6ccc[nH]6)[nH]c5c4)cc3)cc2)OC1(C)C.CCCCC(=O)OC(C)(C)C. The average molecular weight is 620 g/mol. The molecular formula is C38H46BN3O4. The lowest BCUT2D eigenvalue weighted by Crippen LogP contribution is -2.41. The van der Waals surface area contributed by atoms with E-state index in [2.05, 4.69) is 111 Å². The van der Waals surface area contributed by atoms with Gasteiger partial charge in [-0.1, -0.05) is 67.9 Å². The van der Waals surface area contributed by atoms with Crippen molar-refractivity contribution in [2.24, 2.45) is 0 Å². The highest BCUT2D eigenvalue weighted by molar-refractivity contribution is 6.62. The number of aromatic amines is 2. The van der Waals surface area contributed by atoms with Crippen LogP contribution in [0.5, 0.6) is 0 Å². The van der Waals surface area contributed by atoms with Crippen molar-refractivity contribution in [1.82, 2.24) is 15.0 Å². The van der Waals surface area contributed by atoms with Crippen LogP contribution in [0, 0.1) is 0 Å². The lowest BCUT2D eigenvalue weighted by Gasteiger charge is -2.32. The molecule has 46 heavy (non-hydrogen) atoms. The molecule has 0 saturated carbocycles. The average Bonchev–Trinajstić information content (AvgIpc) is 3.73. The van der Waals surface area contributed by atoms with Crippen LogP contribution in [0.1, 0.15) is 74.7 Å². The van der Waals surface area contributed by atoms with Crippen molar-refractivity contribution in [3.05, 3.63) is 85.1 Å². The molecule has 0 bridgehead atoms. The van der Waals surface area contributed by atoms with Crippen LogP contribution in [0.25, 0.3) is 44.8 Å². The van der Waals surface area contributed by atoms with Gasteiger partial charge in [-0.2, -0.15) is 0 Å². The Morgan fingerprint density at radius 3 is 1.96 bits per heavy atom. The van der Waals surface area contributed by atoms with Crippen LogP contribution < -0.4 is 5.46 Å². The second-order valence-corrected chi connectivity index (χ2v) is 13.9. The third-order valence-corrected chi connectivity index (χ3v) is 8.48. The van der Waals surface area contributed by atoms with E-state index >= 15 is 0 Å². The molecule has 0 spiro atoms. The fourth-order valence-electron chi connectivity index (χ4n) is 5.18. The minimum absolute atomic E-state index is 0.0839. The maximum Gasteiger partial charge on any atom is 0.494 e. The summed E-state index contributed by atoms with van der Waals surface area (Å²) in [5.41, 5.74) is 7.65. The molecule has 0 unspecified atom stereocenters. The Labute approximate surface area is 273 Å². The second kappa shape index (κ2) is 13.3. The molecule has 0 amide bonds. The number of benzene rings is 3. The number of unbranched alkanes of at least 4 members (excludes halogenated alkanes) is 1. The van der Waals surface area contributed by atoms with Gasteiger partial charge in [0.1, 0.15) is 5.60 Å². The van der Waals surface area contributed by atoms with Gasteiger partial charge in [-0.05, 0) is 107 Å². The van der Waals surface area contributed by atoms with E-state index in [0.29, 0.717) is 6.42 Å². The molecule has 8 heteroatoms. The van der Waals surface area contributed by atoms with Gasteiger partial charge in [0.15, 0.2) is 5.82 Å². The second-order valence-electron chi connectivity index (χ2n) is 13.9. The van der Waals surface area contributed by atoms with Crippen LogP contribution in [0.2, 0.25) is 0 Å². The van der Waals surface area contributed by atoms with Crippen molar-refractivity contribution in [1.29, 1.82) is 0 Å². The number of aromatic nitrogens is 3. The number of fused-ring (bicyclic) bond motifs is 1. The van der Waals surface area contributed by atoms with Crippen LogP contribution >= 0.6 is 0 Å². The highest BCUT2D eigenvalue weighted by atomic mass is 16.7. The Morgan fingerprint density at radius 2 is 1.41 bits per heavy atom. The molecule has 0 aliphatic carbocycles. The van der Waals surface area contributed by atoms with E-state index in [9.17, 15) is 4.79 Å². The molecule has 7 nitrogen and oxygen atoms in total. The maximum absolute atomic E-state index is 11.0. The van der Waals surface area contributed by atoms with Gasteiger partial charge >= 0.3 is 13.1 Å². The van der Waals surface area contributed by atoms with Crippen molar-refractivity contribution < 1.29 is 18.8 Å². The summed E-state index contributed by atoms with van der Waals surface area (Å²) in [7, 11) is -0.341. The molecule has 2 N–H and O–H groups in total. The van der Waals surface area contributed by atoms with Gasteiger partial charge in [-0.25, -0.2) is 4.98 Å². The molecule has 3 aromatic carbocycles. The Kier molecular flexibility index (Phi) is 9.61. The first kappa shape index (κ1) is 33.2. The van der Waals surface area contributed by atoms with E-state index in [1.807, 2.05) is 39.1 Å². The van der Waals surface area contributed by atoms with E-state index in [4.69, 9.17) is 19.0 Å². The number of nitrogens with zero attached hydrogens (tertiary/aromatic N) is 1. The van der Waals surface area contributed by atoms with Crippen molar-refractivity contribution in [2.45, 2.75) is 91.5 Å². The number of hydrogen-bond donors (Lipinski definition) is 2. The van der Waals surface area contributed by atoms with Crippen LogP contribution in [0.15, 0.2) is 85.1 Å². The summed E-state index contributed by atoms with van der Waals surface area (Å²) in [5.74, 6) is 0.765. The summed E-state index contributed by atoms with van der Waals surface area (Å²) in [6, 6.07) is 27.5. The van der Waals surface area contributed by atoms with E-state index in [1.54, 1.807) is 0 Å². The standard InChI is InChI=1S/C29H28BN3O2.C9H18O2/c1-28(2)29(3,4)35-30(34-28)23-14-11-20(12-15-23)19-7-9-21(10-8-19)22-13-16-24-26(18-22)33-27(32-24)25-6-5-17-31-25;1-5-6-7-8(10)11-9(2,3)4/h5-18,31H,1-4H3,(H,32,33);5-7H2,1-4H3. The van der Waals surface area contributed by atoms with E-state index in [1.165, 1.54) is 11.1 Å². The predicted octanol–water partition coefficient (Wildman–Crippen LogP) is 8.71. The van der Waals surface area contributed by atoms with Gasteiger partial charge in [0.05, 0.1) is 27.9 Å². The van der Waals surface area contributed by atoms with Crippen LogP contribution in [0.3, 0.4) is 0 Å². The quantitative estimate of drug-likeness (QED) is 0.141. The summed E-state index contributed by atoms with van der Waals surface area (Å²) in [6.07, 6.45) is 4.42. The Morgan fingerprint density at radius 1 is 0.848 bits per heavy atom. The lowest BCUT2D eigenvalue weighted by molar-refractivity contribution is -0.154. The van der Waals surface area contributed by atoms with Crippen molar-refractivity contribution in [2.75, 3.05) is 0 Å². The highest BCUT2D eigenvalue weighted by Crippen LogP contribution is 2.36. The fraction of sp³-hybridized carbons (Fsp3) is 0.368. The third kappa shape index (κ3) is 7.80. The van der Waals surface area contributed by atoms with Gasteiger partial charge in [0, 0.05) is 12.6 Å². The summed E-state index contributed by atoms with van der Waals surface area (Å²) >= 11 is 0. The molecule has 1 saturated heterocycles. The van der Waals surface area contributed by atoms with Gasteiger partial charge in [-0.3, -0.25) is 4.79 Å². The first-order chi connectivity index (χ1) is 21.7. The van der Waals surface area contributed by atoms with Gasteiger partial charge in [0.25, 0.3) is 0 Å². The molecule has 5 aromatic rings. The molecule has 2 aromatic heterocycles. The fourth-order valence-corrected chi connectivity index (χ4v) is 5.18. The van der Waals surface area contributed by atoms with E-state index < -0.39 is 0 Å². The minimum atomic E-state index is -0.341. The first-order valence-corrected chi connectivity index (χ1v) is 16.2. The van der Waals surface area contributed by atoms with Gasteiger partial charge < -0.3 is 24.0 Å². The third-order valence-electron chi connectivity index (χ3n) is 8.48.